The summed E-state index contributed by atoms with van der Waals surface area (Å²) < 4.78 is 7.46. The normalized spacial score (nSPS) is 16.0. The Labute approximate surface area is 192 Å². The van der Waals surface area contributed by atoms with E-state index in [1.807, 2.05) is 67.3 Å². The van der Waals surface area contributed by atoms with E-state index in [9.17, 15) is 9.59 Å². The number of nitrogens with zero attached hydrogens (tertiary/aromatic N) is 3. The fourth-order valence-electron chi connectivity index (χ4n) is 3.96. The number of ether oxygens (including phenoxy) is 1. The molecular weight excluding hydrogens is 422 g/mol. The van der Waals surface area contributed by atoms with Gasteiger partial charge in [-0.2, -0.15) is 0 Å². The zero-order valence-corrected chi connectivity index (χ0v) is 19.4. The van der Waals surface area contributed by atoms with E-state index in [0.29, 0.717) is 29.1 Å². The first-order chi connectivity index (χ1) is 15.5. The van der Waals surface area contributed by atoms with E-state index < -0.39 is 0 Å². The summed E-state index contributed by atoms with van der Waals surface area (Å²) in [5, 5.41) is 1.16. The molecule has 1 fully saturated rings. The van der Waals surface area contributed by atoms with Gasteiger partial charge in [0.2, 0.25) is 5.91 Å². The van der Waals surface area contributed by atoms with Crippen LogP contribution in [0, 0.1) is 0 Å². The maximum atomic E-state index is 13.2. The molecule has 2 aromatic carbocycles. The zero-order valence-electron chi connectivity index (χ0n) is 18.6. The molecule has 1 aliphatic heterocycles. The van der Waals surface area contributed by atoms with Crippen molar-refractivity contribution in [2.24, 2.45) is 0 Å². The van der Waals surface area contributed by atoms with E-state index in [1.165, 1.54) is 11.8 Å². The van der Waals surface area contributed by atoms with Gasteiger partial charge >= 0.3 is 0 Å². The van der Waals surface area contributed by atoms with Crippen molar-refractivity contribution in [3.05, 3.63) is 70.5 Å². The van der Waals surface area contributed by atoms with Crippen molar-refractivity contribution in [3.8, 4) is 0 Å². The molecule has 0 bridgehead atoms. The minimum Gasteiger partial charge on any atom is -0.376 e. The van der Waals surface area contributed by atoms with Crippen molar-refractivity contribution in [1.29, 1.82) is 0 Å². The lowest BCUT2D eigenvalue weighted by Gasteiger charge is -2.27. The number of aromatic nitrogens is 2. The van der Waals surface area contributed by atoms with Crippen LogP contribution in [-0.4, -0.2) is 44.9 Å². The Hall–Kier alpha value is -2.64. The van der Waals surface area contributed by atoms with E-state index in [-0.39, 0.29) is 29.4 Å². The Kier molecular flexibility index (Phi) is 7.27. The highest BCUT2D eigenvalue weighted by Crippen LogP contribution is 2.22. The van der Waals surface area contributed by atoms with Crippen LogP contribution in [0.4, 0.5) is 0 Å². The van der Waals surface area contributed by atoms with Gasteiger partial charge in [0.05, 0.1) is 29.3 Å². The van der Waals surface area contributed by atoms with Crippen molar-refractivity contribution in [3.63, 3.8) is 0 Å². The molecule has 32 heavy (non-hydrogen) atoms. The number of thioether (sulfide) groups is 1. The summed E-state index contributed by atoms with van der Waals surface area (Å²) in [6, 6.07) is 17.4. The topological polar surface area (TPSA) is 64.4 Å². The molecule has 1 aliphatic rings. The van der Waals surface area contributed by atoms with Gasteiger partial charge in [-0.25, -0.2) is 4.98 Å². The average molecular weight is 452 g/mol. The quantitative estimate of drug-likeness (QED) is 0.381. The molecule has 0 saturated carbocycles. The standard InChI is InChI=1S/C25H29N3O3S/c1-18(2)27(15-19-9-4-3-5-10-19)23(29)17-32-25-26-22-13-7-6-12-21(22)24(30)28(25)16-20-11-8-14-31-20/h3-7,9-10,12-13,18,20H,8,11,14-17H2,1-2H3. The second-order valence-corrected chi connectivity index (χ2v) is 9.29. The average Bonchev–Trinajstić information content (AvgIpc) is 3.32. The van der Waals surface area contributed by atoms with E-state index in [2.05, 4.69) is 0 Å². The zero-order chi connectivity index (χ0) is 22.5. The van der Waals surface area contributed by atoms with Crippen LogP contribution in [0.15, 0.2) is 64.5 Å². The van der Waals surface area contributed by atoms with E-state index >= 15 is 0 Å². The molecule has 0 radical (unpaired) electrons. The molecule has 4 rings (SSSR count). The van der Waals surface area contributed by atoms with E-state index in [1.54, 1.807) is 10.6 Å². The molecule has 1 saturated heterocycles. The molecule has 6 nitrogen and oxygen atoms in total. The molecule has 1 atom stereocenters. The molecule has 2 heterocycles. The Morgan fingerprint density at radius 3 is 2.66 bits per heavy atom. The molecule has 0 spiro atoms. The first-order valence-corrected chi connectivity index (χ1v) is 12.1. The van der Waals surface area contributed by atoms with Crippen molar-refractivity contribution < 1.29 is 9.53 Å². The molecule has 0 N–H and O–H groups in total. The number of rotatable bonds is 8. The number of carbonyl (C=O) groups excluding carboxylic acids is 1. The number of amides is 1. The maximum Gasteiger partial charge on any atom is 0.262 e. The van der Waals surface area contributed by atoms with Crippen molar-refractivity contribution in [2.75, 3.05) is 12.4 Å². The van der Waals surface area contributed by atoms with Gasteiger partial charge in [-0.15, -0.1) is 0 Å². The van der Waals surface area contributed by atoms with Crippen LogP contribution >= 0.6 is 11.8 Å². The fraction of sp³-hybridized carbons (Fsp3) is 0.400. The minimum absolute atomic E-state index is 0.0101. The largest absolute Gasteiger partial charge is 0.376 e. The molecule has 0 aliphatic carbocycles. The van der Waals surface area contributed by atoms with Gasteiger partial charge in [-0.1, -0.05) is 54.2 Å². The predicted octanol–water partition coefficient (Wildman–Crippen LogP) is 4.10. The van der Waals surface area contributed by atoms with Gasteiger partial charge in [-0.3, -0.25) is 14.2 Å². The summed E-state index contributed by atoms with van der Waals surface area (Å²) in [4.78, 5) is 33.0. The monoisotopic (exact) mass is 451 g/mol. The Balaban J connectivity index is 1.56. The lowest BCUT2D eigenvalue weighted by atomic mass is 10.2. The van der Waals surface area contributed by atoms with Crippen LogP contribution in [0.5, 0.6) is 0 Å². The Bertz CT molecular complexity index is 1120. The predicted molar refractivity (Wildman–Crippen MR) is 128 cm³/mol. The molecule has 7 heteroatoms. The van der Waals surface area contributed by atoms with Crippen LogP contribution in [-0.2, 0) is 22.6 Å². The highest BCUT2D eigenvalue weighted by atomic mass is 32.2. The summed E-state index contributed by atoms with van der Waals surface area (Å²) in [6.45, 7) is 5.79. The smallest absolute Gasteiger partial charge is 0.262 e. The van der Waals surface area contributed by atoms with Crippen LogP contribution in [0.3, 0.4) is 0 Å². The molecule has 1 amide bonds. The second kappa shape index (κ2) is 10.3. The van der Waals surface area contributed by atoms with Gasteiger partial charge in [0, 0.05) is 19.2 Å². The lowest BCUT2D eigenvalue weighted by molar-refractivity contribution is -0.130. The SMILES string of the molecule is CC(C)N(Cc1ccccc1)C(=O)CSc1nc2ccccc2c(=O)n1CC1CCCO1. The number of hydrogen-bond donors (Lipinski definition) is 0. The summed E-state index contributed by atoms with van der Waals surface area (Å²) in [6.07, 6.45) is 1.95. The van der Waals surface area contributed by atoms with E-state index in [0.717, 1.165) is 25.0 Å². The molecule has 1 unspecified atom stereocenters. The first-order valence-electron chi connectivity index (χ1n) is 11.1. The number of fused-ring (bicyclic) bond motifs is 1. The number of hydrogen-bond acceptors (Lipinski definition) is 5. The van der Waals surface area contributed by atoms with Crippen molar-refractivity contribution in [1.82, 2.24) is 14.5 Å². The van der Waals surface area contributed by atoms with Crippen molar-refractivity contribution in [2.45, 2.75) is 57.1 Å². The molecule has 3 aromatic rings. The molecule has 1 aromatic heterocycles. The highest BCUT2D eigenvalue weighted by Gasteiger charge is 2.22. The summed E-state index contributed by atoms with van der Waals surface area (Å²) in [5.41, 5.74) is 1.67. The third kappa shape index (κ3) is 5.22. The number of benzene rings is 2. The fourth-order valence-corrected chi connectivity index (χ4v) is 4.85. The summed E-state index contributed by atoms with van der Waals surface area (Å²) in [5.74, 6) is 0.251. The molecular formula is C25H29N3O3S. The maximum absolute atomic E-state index is 13.2. The first kappa shape index (κ1) is 22.6. The van der Waals surface area contributed by atoms with Gasteiger partial charge in [0.15, 0.2) is 5.16 Å². The summed E-state index contributed by atoms with van der Waals surface area (Å²) in [7, 11) is 0. The van der Waals surface area contributed by atoms with Gasteiger partial charge in [0.25, 0.3) is 5.56 Å². The highest BCUT2D eigenvalue weighted by molar-refractivity contribution is 7.99. The number of carbonyl (C=O) groups is 1. The van der Waals surface area contributed by atoms with Crippen LogP contribution in [0.25, 0.3) is 10.9 Å². The second-order valence-electron chi connectivity index (χ2n) is 8.35. The van der Waals surface area contributed by atoms with Crippen molar-refractivity contribution >= 4 is 28.6 Å². The van der Waals surface area contributed by atoms with Crippen LogP contribution in [0.1, 0.15) is 32.3 Å². The van der Waals surface area contributed by atoms with Crippen LogP contribution < -0.4 is 5.56 Å². The third-order valence-corrected chi connectivity index (χ3v) is 6.66. The van der Waals surface area contributed by atoms with Gasteiger partial charge < -0.3 is 9.64 Å². The Morgan fingerprint density at radius 2 is 1.94 bits per heavy atom. The van der Waals surface area contributed by atoms with Gasteiger partial charge in [0.1, 0.15) is 0 Å². The third-order valence-electron chi connectivity index (χ3n) is 5.70. The molecule has 168 valence electrons. The number of para-hydroxylation sites is 1. The Morgan fingerprint density at radius 1 is 1.19 bits per heavy atom. The van der Waals surface area contributed by atoms with Gasteiger partial charge in [-0.05, 0) is 44.4 Å². The van der Waals surface area contributed by atoms with E-state index in [4.69, 9.17) is 9.72 Å². The lowest BCUT2D eigenvalue weighted by Crippen LogP contribution is -2.37. The summed E-state index contributed by atoms with van der Waals surface area (Å²) >= 11 is 1.33. The minimum atomic E-state index is -0.0777. The van der Waals surface area contributed by atoms with Crippen LogP contribution in [0.2, 0.25) is 0 Å².